The van der Waals surface area contributed by atoms with Crippen LogP contribution in [0.1, 0.15) is 32.1 Å². The lowest BCUT2D eigenvalue weighted by molar-refractivity contribution is 0.107. The summed E-state index contributed by atoms with van der Waals surface area (Å²) in [5.74, 6) is -0.505. The van der Waals surface area contributed by atoms with Gasteiger partial charge in [0.25, 0.3) is 0 Å². The van der Waals surface area contributed by atoms with Crippen molar-refractivity contribution in [2.45, 2.75) is 49.1 Å². The highest BCUT2D eigenvalue weighted by atomic mass is 35.5. The number of rotatable bonds is 5. The fraction of sp³-hybridized carbons (Fsp3) is 0.650. The van der Waals surface area contributed by atoms with E-state index < -0.39 is 32.8 Å². The molecule has 3 fully saturated rings. The quantitative estimate of drug-likeness (QED) is 0.618. The van der Waals surface area contributed by atoms with Gasteiger partial charge < -0.3 is 9.64 Å². The van der Waals surface area contributed by atoms with E-state index in [0.717, 1.165) is 19.4 Å². The largest absolute Gasteiger partial charge is 0.461 e. The topological polar surface area (TPSA) is 115 Å². The maximum absolute atomic E-state index is 14.9. The summed E-state index contributed by atoms with van der Waals surface area (Å²) in [5, 5.41) is 4.57. The molecule has 3 aliphatic rings. The Morgan fingerprint density at radius 3 is 2.88 bits per heavy atom. The Labute approximate surface area is 195 Å². The number of nitrogens with two attached hydrogens (primary N) is 1. The van der Waals surface area contributed by atoms with Gasteiger partial charge in [-0.1, -0.05) is 11.6 Å². The van der Waals surface area contributed by atoms with E-state index in [1.54, 1.807) is 4.90 Å². The molecule has 0 radical (unpaired) electrons. The molecule has 0 spiro atoms. The first-order valence-corrected chi connectivity index (χ1v) is 13.0. The van der Waals surface area contributed by atoms with Crippen molar-refractivity contribution in [2.24, 2.45) is 5.14 Å². The number of halogens is 3. The molecule has 0 amide bonds. The molecule has 9 nitrogen and oxygen atoms in total. The van der Waals surface area contributed by atoms with Crippen molar-refractivity contribution in [2.75, 3.05) is 37.7 Å². The van der Waals surface area contributed by atoms with E-state index >= 15 is 0 Å². The highest BCUT2D eigenvalue weighted by molar-refractivity contribution is 7.89. The molecule has 3 aliphatic heterocycles. The fourth-order valence-electron chi connectivity index (χ4n) is 5.35. The van der Waals surface area contributed by atoms with E-state index in [2.05, 4.69) is 19.9 Å². The maximum atomic E-state index is 14.9. The first-order chi connectivity index (χ1) is 15.7. The van der Waals surface area contributed by atoms with Gasteiger partial charge in [0.15, 0.2) is 11.0 Å². The van der Waals surface area contributed by atoms with Crippen LogP contribution >= 0.6 is 11.6 Å². The third-order valence-electron chi connectivity index (χ3n) is 6.97. The van der Waals surface area contributed by atoms with Crippen molar-refractivity contribution < 1.29 is 21.9 Å². The lowest BCUT2D eigenvalue weighted by Gasteiger charge is -2.33. The van der Waals surface area contributed by atoms with E-state index in [1.165, 1.54) is 6.20 Å². The molecule has 3 atom stereocenters. The van der Waals surface area contributed by atoms with Crippen LogP contribution in [-0.2, 0) is 10.0 Å². The minimum atomic E-state index is -3.75. The maximum Gasteiger partial charge on any atom is 0.319 e. The predicted molar refractivity (Wildman–Crippen MR) is 119 cm³/mol. The molecule has 0 bridgehead atoms. The van der Waals surface area contributed by atoms with E-state index in [-0.39, 0.29) is 29.8 Å². The van der Waals surface area contributed by atoms with Gasteiger partial charge in [0.1, 0.15) is 24.1 Å². The van der Waals surface area contributed by atoms with Gasteiger partial charge >= 0.3 is 6.01 Å². The number of nitrogens with zero attached hydrogens (tertiary/aromatic N) is 5. The van der Waals surface area contributed by atoms with Gasteiger partial charge in [0.2, 0.25) is 10.0 Å². The summed E-state index contributed by atoms with van der Waals surface area (Å²) in [6.45, 7) is 1.98. The third kappa shape index (κ3) is 4.22. The first-order valence-electron chi connectivity index (χ1n) is 11.0. The first kappa shape index (κ1) is 22.9. The predicted octanol–water partition coefficient (Wildman–Crippen LogP) is 2.03. The number of hydrogen-bond donors (Lipinski definition) is 1. The zero-order valence-corrected chi connectivity index (χ0v) is 19.5. The van der Waals surface area contributed by atoms with Crippen LogP contribution in [0.4, 0.5) is 14.6 Å². The zero-order chi connectivity index (χ0) is 23.4. The minimum absolute atomic E-state index is 0.0664. The molecule has 0 unspecified atom stereocenters. The molecule has 2 aromatic heterocycles. The van der Waals surface area contributed by atoms with Gasteiger partial charge in [0, 0.05) is 32.3 Å². The van der Waals surface area contributed by atoms with Crippen LogP contribution in [0.25, 0.3) is 10.9 Å². The SMILES string of the molecule is NS(=O)(=O)[C@@H]1CCCN(c2nc(OC[C@@]34CCCN3C[C@H](F)C4)nc3c(F)c(Cl)ncc23)C1. The average Bonchev–Trinajstić information content (AvgIpc) is 3.30. The molecular weight excluding hydrogens is 478 g/mol. The van der Waals surface area contributed by atoms with Crippen molar-refractivity contribution in [1.29, 1.82) is 0 Å². The number of sulfonamides is 1. The number of primary sulfonamides is 1. The molecule has 0 aliphatic carbocycles. The van der Waals surface area contributed by atoms with Crippen LogP contribution in [0.2, 0.25) is 5.15 Å². The summed E-state index contributed by atoms with van der Waals surface area (Å²) in [6.07, 6.45) is 3.60. The van der Waals surface area contributed by atoms with Crippen LogP contribution in [-0.4, -0.2) is 78.0 Å². The number of aromatic nitrogens is 3. The van der Waals surface area contributed by atoms with Crippen molar-refractivity contribution in [3.8, 4) is 6.01 Å². The molecule has 3 saturated heterocycles. The zero-order valence-electron chi connectivity index (χ0n) is 17.9. The Bertz CT molecular complexity index is 1190. The van der Waals surface area contributed by atoms with Crippen LogP contribution in [0.3, 0.4) is 0 Å². The second-order valence-corrected chi connectivity index (χ2v) is 11.3. The van der Waals surface area contributed by atoms with Crippen LogP contribution < -0.4 is 14.8 Å². The van der Waals surface area contributed by atoms with Crippen molar-refractivity contribution in [3.05, 3.63) is 17.2 Å². The highest BCUT2D eigenvalue weighted by Gasteiger charge is 2.49. The number of fused-ring (bicyclic) bond motifs is 2. The number of ether oxygens (including phenoxy) is 1. The van der Waals surface area contributed by atoms with Gasteiger partial charge in [-0.25, -0.2) is 27.3 Å². The van der Waals surface area contributed by atoms with Crippen LogP contribution in [0, 0.1) is 5.82 Å². The molecule has 33 heavy (non-hydrogen) atoms. The third-order valence-corrected chi connectivity index (χ3v) is 8.55. The van der Waals surface area contributed by atoms with Gasteiger partial charge in [-0.15, -0.1) is 0 Å². The highest BCUT2D eigenvalue weighted by Crippen LogP contribution is 2.40. The summed E-state index contributed by atoms with van der Waals surface area (Å²) in [7, 11) is -3.75. The Kier molecular flexibility index (Phi) is 5.82. The number of alkyl halides is 1. The Morgan fingerprint density at radius 1 is 1.27 bits per heavy atom. The van der Waals surface area contributed by atoms with Gasteiger partial charge in [-0.2, -0.15) is 9.97 Å². The molecule has 0 saturated carbocycles. The standard InChI is InChI=1S/C20H25ClF2N6O3S/c21-17-15(23)16-14(8-25-17)18(28-5-1-3-13(10-28)33(24,30)31)27-19(26-16)32-11-20-4-2-6-29(20)9-12(22)7-20/h8,12-13H,1-7,9-11H2,(H2,24,30,31)/t12-,13-,20+/m1/s1. The van der Waals surface area contributed by atoms with E-state index in [9.17, 15) is 17.2 Å². The smallest absolute Gasteiger partial charge is 0.319 e. The number of hydrogen-bond acceptors (Lipinski definition) is 8. The summed E-state index contributed by atoms with van der Waals surface area (Å²) in [6, 6.07) is -0.0695. The van der Waals surface area contributed by atoms with Gasteiger partial charge in [-0.05, 0) is 32.2 Å². The Morgan fingerprint density at radius 2 is 2.09 bits per heavy atom. The van der Waals surface area contributed by atoms with Crippen LogP contribution in [0.5, 0.6) is 6.01 Å². The van der Waals surface area contributed by atoms with Crippen molar-refractivity contribution in [1.82, 2.24) is 19.9 Å². The minimum Gasteiger partial charge on any atom is -0.461 e. The van der Waals surface area contributed by atoms with Crippen LogP contribution in [0.15, 0.2) is 6.20 Å². The molecule has 180 valence electrons. The average molecular weight is 503 g/mol. The second-order valence-electron chi connectivity index (χ2n) is 9.12. The lowest BCUT2D eigenvalue weighted by atomic mass is 9.95. The van der Waals surface area contributed by atoms with Crippen molar-refractivity contribution in [3.63, 3.8) is 0 Å². The van der Waals surface area contributed by atoms with Gasteiger partial charge in [0.05, 0.1) is 16.2 Å². The monoisotopic (exact) mass is 502 g/mol. The van der Waals surface area contributed by atoms with E-state index in [1.807, 2.05) is 0 Å². The molecule has 0 aromatic carbocycles. The molecule has 13 heteroatoms. The number of pyridine rings is 1. The molecule has 5 heterocycles. The lowest BCUT2D eigenvalue weighted by Crippen LogP contribution is -2.45. The molecule has 2 aromatic rings. The van der Waals surface area contributed by atoms with Crippen molar-refractivity contribution >= 4 is 38.3 Å². The van der Waals surface area contributed by atoms with Gasteiger partial charge in [-0.3, -0.25) is 4.90 Å². The Balaban J connectivity index is 1.50. The Hall–Kier alpha value is -1.89. The summed E-state index contributed by atoms with van der Waals surface area (Å²) >= 11 is 5.88. The molecule has 2 N–H and O–H groups in total. The number of anilines is 1. The van der Waals surface area contributed by atoms with E-state index in [0.29, 0.717) is 43.6 Å². The second kappa shape index (κ2) is 8.40. The fourth-order valence-corrected chi connectivity index (χ4v) is 6.37. The summed E-state index contributed by atoms with van der Waals surface area (Å²) in [4.78, 5) is 16.4. The van der Waals surface area contributed by atoms with E-state index in [4.69, 9.17) is 21.5 Å². The molecular formula is C20H25ClF2N6O3S. The summed E-state index contributed by atoms with van der Waals surface area (Å²) < 4.78 is 58.8. The number of piperidine rings is 1. The molecule has 5 rings (SSSR count). The summed E-state index contributed by atoms with van der Waals surface area (Å²) in [5.41, 5.74) is -0.487. The normalized spacial score (nSPS) is 28.4.